The van der Waals surface area contributed by atoms with Gasteiger partial charge in [-0.15, -0.1) is 0 Å². The van der Waals surface area contributed by atoms with Crippen LogP contribution in [0.2, 0.25) is 5.02 Å². The molecule has 1 rings (SSSR count). The van der Waals surface area contributed by atoms with Gasteiger partial charge in [-0.25, -0.2) is 0 Å². The molecular formula is C12H19ClN2. The van der Waals surface area contributed by atoms with Crippen LogP contribution in [0.3, 0.4) is 0 Å². The number of hydrogen-bond acceptors (Lipinski definition) is 2. The van der Waals surface area contributed by atoms with Crippen molar-refractivity contribution < 1.29 is 0 Å². The molecule has 84 valence electrons. The van der Waals surface area contributed by atoms with Gasteiger partial charge in [0.25, 0.3) is 0 Å². The highest BCUT2D eigenvalue weighted by molar-refractivity contribution is 6.33. The van der Waals surface area contributed by atoms with Crippen LogP contribution in [0.5, 0.6) is 0 Å². The summed E-state index contributed by atoms with van der Waals surface area (Å²) in [4.78, 5) is 2.17. The minimum absolute atomic E-state index is 0.715. The number of rotatable bonds is 4. The second kappa shape index (κ2) is 5.38. The van der Waals surface area contributed by atoms with Crippen LogP contribution < -0.4 is 10.6 Å². The minimum atomic E-state index is 0.715. The first-order valence-electron chi connectivity index (χ1n) is 5.24. The molecule has 2 N–H and O–H groups in total. The van der Waals surface area contributed by atoms with Crippen LogP contribution in [-0.2, 0) is 0 Å². The predicted octanol–water partition coefficient (Wildman–Crippen LogP) is 2.74. The van der Waals surface area contributed by atoms with Crippen molar-refractivity contribution in [3.63, 3.8) is 0 Å². The molecule has 0 saturated heterocycles. The lowest BCUT2D eigenvalue weighted by Crippen LogP contribution is -2.22. The molecular weight excluding hydrogens is 208 g/mol. The molecule has 0 radical (unpaired) electrons. The topological polar surface area (TPSA) is 29.3 Å². The van der Waals surface area contributed by atoms with Crippen molar-refractivity contribution in [2.45, 2.75) is 20.3 Å². The Morgan fingerprint density at radius 3 is 2.53 bits per heavy atom. The van der Waals surface area contributed by atoms with Crippen LogP contribution in [0.15, 0.2) is 12.1 Å². The Labute approximate surface area is 97.0 Å². The zero-order valence-corrected chi connectivity index (χ0v) is 10.4. The molecule has 0 spiro atoms. The zero-order chi connectivity index (χ0) is 11.4. The molecule has 0 heterocycles. The Balaban J connectivity index is 2.92. The van der Waals surface area contributed by atoms with Crippen LogP contribution in [0.25, 0.3) is 0 Å². The molecule has 3 heteroatoms. The van der Waals surface area contributed by atoms with Crippen LogP contribution in [0.4, 0.5) is 5.69 Å². The van der Waals surface area contributed by atoms with E-state index in [1.54, 1.807) is 0 Å². The van der Waals surface area contributed by atoms with Crippen molar-refractivity contribution in [1.29, 1.82) is 0 Å². The van der Waals surface area contributed by atoms with Gasteiger partial charge in [0.15, 0.2) is 0 Å². The highest BCUT2D eigenvalue weighted by Crippen LogP contribution is 2.30. The molecule has 0 atom stereocenters. The average Bonchev–Trinajstić information content (AvgIpc) is 2.12. The van der Waals surface area contributed by atoms with Gasteiger partial charge >= 0.3 is 0 Å². The van der Waals surface area contributed by atoms with Crippen LogP contribution in [0.1, 0.15) is 17.5 Å². The summed E-state index contributed by atoms with van der Waals surface area (Å²) in [6, 6.07) is 4.16. The largest absolute Gasteiger partial charge is 0.373 e. The lowest BCUT2D eigenvalue weighted by atomic mass is 10.1. The van der Waals surface area contributed by atoms with Crippen molar-refractivity contribution in [2.75, 3.05) is 25.0 Å². The number of aryl methyl sites for hydroxylation is 2. The number of benzene rings is 1. The molecule has 0 bridgehead atoms. The maximum Gasteiger partial charge on any atom is 0.0644 e. The maximum absolute atomic E-state index is 6.24. The van der Waals surface area contributed by atoms with Gasteiger partial charge in [0.2, 0.25) is 0 Å². The zero-order valence-electron chi connectivity index (χ0n) is 9.68. The van der Waals surface area contributed by atoms with Gasteiger partial charge < -0.3 is 10.6 Å². The van der Waals surface area contributed by atoms with E-state index in [1.807, 2.05) is 6.07 Å². The van der Waals surface area contributed by atoms with Gasteiger partial charge in [-0.3, -0.25) is 0 Å². The second-order valence-electron chi connectivity index (χ2n) is 3.98. The van der Waals surface area contributed by atoms with Crippen molar-refractivity contribution in [3.05, 3.63) is 28.3 Å². The highest BCUT2D eigenvalue weighted by atomic mass is 35.5. The standard InChI is InChI=1S/C12H19ClN2/c1-9-7-10(2)12(11(13)8-9)15(3)6-4-5-14/h7-8H,4-6,14H2,1-3H3. The first kappa shape index (κ1) is 12.3. The van der Waals surface area contributed by atoms with Crippen molar-refractivity contribution in [2.24, 2.45) is 5.73 Å². The van der Waals surface area contributed by atoms with E-state index in [2.05, 4.69) is 31.9 Å². The van der Waals surface area contributed by atoms with Gasteiger partial charge in [0.05, 0.1) is 10.7 Å². The molecule has 0 unspecified atom stereocenters. The summed E-state index contributed by atoms with van der Waals surface area (Å²) in [7, 11) is 2.05. The Morgan fingerprint density at radius 1 is 1.33 bits per heavy atom. The van der Waals surface area contributed by atoms with Crippen molar-refractivity contribution in [1.82, 2.24) is 0 Å². The summed E-state index contributed by atoms with van der Waals surface area (Å²) >= 11 is 6.24. The number of nitrogens with zero attached hydrogens (tertiary/aromatic N) is 1. The molecule has 0 fully saturated rings. The van der Waals surface area contributed by atoms with E-state index < -0.39 is 0 Å². The van der Waals surface area contributed by atoms with Crippen LogP contribution in [0, 0.1) is 13.8 Å². The summed E-state index contributed by atoms with van der Waals surface area (Å²) in [5.41, 5.74) is 9.04. The Kier molecular flexibility index (Phi) is 4.43. The van der Waals surface area contributed by atoms with E-state index in [4.69, 9.17) is 17.3 Å². The Morgan fingerprint density at radius 2 is 2.00 bits per heavy atom. The van der Waals surface area contributed by atoms with Gasteiger partial charge in [-0.2, -0.15) is 0 Å². The fourth-order valence-corrected chi connectivity index (χ4v) is 2.30. The monoisotopic (exact) mass is 226 g/mol. The van der Waals surface area contributed by atoms with E-state index in [1.165, 1.54) is 11.1 Å². The minimum Gasteiger partial charge on any atom is -0.373 e. The summed E-state index contributed by atoms with van der Waals surface area (Å²) < 4.78 is 0. The number of nitrogens with two attached hydrogens (primary N) is 1. The molecule has 0 amide bonds. The summed E-state index contributed by atoms with van der Waals surface area (Å²) in [6.45, 7) is 5.81. The highest BCUT2D eigenvalue weighted by Gasteiger charge is 2.09. The third-order valence-corrected chi connectivity index (χ3v) is 2.77. The molecule has 0 saturated carbocycles. The normalized spacial score (nSPS) is 10.5. The number of halogens is 1. The molecule has 0 aromatic heterocycles. The molecule has 15 heavy (non-hydrogen) atoms. The molecule has 0 aliphatic carbocycles. The van der Waals surface area contributed by atoms with E-state index in [0.29, 0.717) is 6.54 Å². The Hall–Kier alpha value is -0.730. The lowest BCUT2D eigenvalue weighted by molar-refractivity contribution is 0.794. The van der Waals surface area contributed by atoms with E-state index in [-0.39, 0.29) is 0 Å². The fraction of sp³-hybridized carbons (Fsp3) is 0.500. The fourth-order valence-electron chi connectivity index (χ4n) is 1.83. The van der Waals surface area contributed by atoms with E-state index in [9.17, 15) is 0 Å². The maximum atomic E-state index is 6.24. The molecule has 2 nitrogen and oxygen atoms in total. The Bertz CT molecular complexity index is 313. The lowest BCUT2D eigenvalue weighted by Gasteiger charge is -2.23. The molecule has 1 aromatic rings. The van der Waals surface area contributed by atoms with Gasteiger partial charge in [-0.1, -0.05) is 17.7 Å². The van der Waals surface area contributed by atoms with Crippen LogP contribution >= 0.6 is 11.6 Å². The summed E-state index contributed by atoms with van der Waals surface area (Å²) in [5, 5.41) is 0.826. The smallest absolute Gasteiger partial charge is 0.0644 e. The third kappa shape index (κ3) is 3.11. The first-order valence-corrected chi connectivity index (χ1v) is 5.62. The van der Waals surface area contributed by atoms with E-state index >= 15 is 0 Å². The van der Waals surface area contributed by atoms with Gasteiger partial charge in [-0.05, 0) is 44.0 Å². The van der Waals surface area contributed by atoms with Gasteiger partial charge in [0.1, 0.15) is 0 Å². The van der Waals surface area contributed by atoms with E-state index in [0.717, 1.165) is 23.7 Å². The predicted molar refractivity (Wildman–Crippen MR) is 67.9 cm³/mol. The SMILES string of the molecule is Cc1cc(C)c(N(C)CCCN)c(Cl)c1. The van der Waals surface area contributed by atoms with Crippen molar-refractivity contribution in [3.8, 4) is 0 Å². The summed E-state index contributed by atoms with van der Waals surface area (Å²) in [6.07, 6.45) is 0.986. The second-order valence-corrected chi connectivity index (χ2v) is 4.38. The number of hydrogen-bond donors (Lipinski definition) is 1. The van der Waals surface area contributed by atoms with Gasteiger partial charge in [0, 0.05) is 13.6 Å². The van der Waals surface area contributed by atoms with Crippen molar-refractivity contribution >= 4 is 17.3 Å². The summed E-state index contributed by atoms with van der Waals surface area (Å²) in [5.74, 6) is 0. The third-order valence-electron chi connectivity index (χ3n) is 2.48. The molecule has 1 aromatic carbocycles. The molecule has 0 aliphatic heterocycles. The first-order chi connectivity index (χ1) is 7.06. The number of anilines is 1. The molecule has 0 aliphatic rings. The van der Waals surface area contributed by atoms with Crippen LogP contribution in [-0.4, -0.2) is 20.1 Å². The quantitative estimate of drug-likeness (QED) is 0.856. The average molecular weight is 227 g/mol.